The third-order valence-electron chi connectivity index (χ3n) is 2.44. The van der Waals surface area contributed by atoms with Crippen LogP contribution < -0.4 is 11.1 Å². The van der Waals surface area contributed by atoms with Gasteiger partial charge in [-0.1, -0.05) is 0 Å². The van der Waals surface area contributed by atoms with Crippen LogP contribution in [0.2, 0.25) is 0 Å². The number of benzene rings is 1. The highest BCUT2D eigenvalue weighted by molar-refractivity contribution is 7.15. The zero-order valence-electron chi connectivity index (χ0n) is 10.2. The van der Waals surface area contributed by atoms with E-state index in [1.807, 2.05) is 0 Å². The van der Waals surface area contributed by atoms with Crippen molar-refractivity contribution >= 4 is 33.8 Å². The van der Waals surface area contributed by atoms with Gasteiger partial charge in [-0.05, 0) is 13.0 Å². The number of carbonyl (C=O) groups is 1. The second kappa shape index (κ2) is 5.21. The minimum Gasteiger partial charge on any atom is -0.392 e. The maximum Gasteiger partial charge on any atom is 0.293 e. The van der Waals surface area contributed by atoms with E-state index < -0.39 is 33.6 Å². The summed E-state index contributed by atoms with van der Waals surface area (Å²) in [5, 5.41) is 13.3. The number of nitrogens with zero attached hydrogens (tertiary/aromatic N) is 2. The molecule has 2 rings (SSSR count). The molecule has 9 heteroatoms. The average molecular weight is 296 g/mol. The van der Waals surface area contributed by atoms with E-state index in [-0.39, 0.29) is 5.13 Å². The van der Waals surface area contributed by atoms with Gasteiger partial charge in [-0.15, -0.1) is 11.3 Å². The molecule has 0 aliphatic rings. The third kappa shape index (κ3) is 2.57. The zero-order valence-corrected chi connectivity index (χ0v) is 11.0. The summed E-state index contributed by atoms with van der Waals surface area (Å²) in [7, 11) is 0. The number of hydrogen-bond acceptors (Lipinski definition) is 6. The highest BCUT2D eigenvalue weighted by Gasteiger charge is 2.24. The first-order valence-electron chi connectivity index (χ1n) is 5.36. The SMILES string of the molecule is Cc1cnc(NC(=O)c2c(F)ccc([N+](=O)[O-])c2N)s1. The minimum atomic E-state index is -0.932. The maximum absolute atomic E-state index is 13.7. The number of nitrogens with one attached hydrogen (secondary N) is 1. The van der Waals surface area contributed by atoms with Crippen molar-refractivity contribution in [3.63, 3.8) is 0 Å². The van der Waals surface area contributed by atoms with E-state index in [1.54, 1.807) is 6.92 Å². The lowest BCUT2D eigenvalue weighted by molar-refractivity contribution is -0.384. The second-order valence-corrected chi connectivity index (χ2v) is 5.08. The summed E-state index contributed by atoms with van der Waals surface area (Å²) >= 11 is 1.19. The van der Waals surface area contributed by atoms with E-state index in [1.165, 1.54) is 17.5 Å². The summed E-state index contributed by atoms with van der Waals surface area (Å²) in [4.78, 5) is 26.6. The number of halogens is 1. The molecule has 0 fully saturated rings. The largest absolute Gasteiger partial charge is 0.392 e. The van der Waals surface area contributed by atoms with Crippen LogP contribution in [0.3, 0.4) is 0 Å². The van der Waals surface area contributed by atoms with Gasteiger partial charge in [0.2, 0.25) is 0 Å². The standard InChI is InChI=1S/C11H9FN4O3S/c1-5-4-14-11(20-5)15-10(17)8-6(12)2-3-7(9(8)13)16(18)19/h2-4H,13H2,1H3,(H,14,15,17). The molecule has 20 heavy (non-hydrogen) atoms. The van der Waals surface area contributed by atoms with Crippen LogP contribution in [0.15, 0.2) is 18.3 Å². The number of hydrogen-bond donors (Lipinski definition) is 2. The lowest BCUT2D eigenvalue weighted by atomic mass is 10.1. The van der Waals surface area contributed by atoms with Gasteiger partial charge in [-0.25, -0.2) is 9.37 Å². The van der Waals surface area contributed by atoms with E-state index in [0.717, 1.165) is 17.0 Å². The molecular weight excluding hydrogens is 287 g/mol. The Morgan fingerprint density at radius 2 is 2.25 bits per heavy atom. The van der Waals surface area contributed by atoms with Gasteiger partial charge < -0.3 is 5.73 Å². The number of nitro benzene ring substituents is 1. The van der Waals surface area contributed by atoms with Gasteiger partial charge >= 0.3 is 0 Å². The molecule has 0 unspecified atom stereocenters. The van der Waals surface area contributed by atoms with Gasteiger partial charge in [0.05, 0.1) is 4.92 Å². The van der Waals surface area contributed by atoms with Crippen molar-refractivity contribution in [1.82, 2.24) is 4.98 Å². The lowest BCUT2D eigenvalue weighted by Crippen LogP contribution is -2.16. The van der Waals surface area contributed by atoms with Gasteiger partial charge in [0.1, 0.15) is 17.1 Å². The number of carbonyl (C=O) groups excluding carboxylic acids is 1. The Bertz CT molecular complexity index is 701. The van der Waals surface area contributed by atoms with Crippen molar-refractivity contribution in [3.05, 3.63) is 44.7 Å². The molecule has 0 saturated carbocycles. The van der Waals surface area contributed by atoms with Gasteiger partial charge in [0.25, 0.3) is 11.6 Å². The number of anilines is 2. The summed E-state index contributed by atoms with van der Waals surface area (Å²) in [5.74, 6) is -1.81. The smallest absolute Gasteiger partial charge is 0.293 e. The van der Waals surface area contributed by atoms with E-state index in [2.05, 4.69) is 10.3 Å². The Morgan fingerprint density at radius 3 is 2.80 bits per heavy atom. The topological polar surface area (TPSA) is 111 Å². The molecule has 1 aromatic carbocycles. The summed E-state index contributed by atoms with van der Waals surface area (Å²) in [6.45, 7) is 1.79. The predicted molar refractivity (Wildman–Crippen MR) is 72.3 cm³/mol. The molecule has 2 aromatic rings. The highest BCUT2D eigenvalue weighted by atomic mass is 32.1. The number of aryl methyl sites for hydroxylation is 1. The molecule has 0 atom stereocenters. The molecule has 1 amide bonds. The van der Waals surface area contributed by atoms with Crippen LogP contribution in [0, 0.1) is 22.9 Å². The molecule has 0 aliphatic carbocycles. The number of nitrogens with two attached hydrogens (primary N) is 1. The number of rotatable bonds is 3. The van der Waals surface area contributed by atoms with E-state index in [0.29, 0.717) is 0 Å². The molecule has 1 heterocycles. The van der Waals surface area contributed by atoms with Crippen LogP contribution in [0.4, 0.5) is 20.9 Å². The Balaban J connectivity index is 2.38. The first kappa shape index (κ1) is 13.9. The minimum absolute atomic E-state index is 0.262. The maximum atomic E-state index is 13.7. The van der Waals surface area contributed by atoms with Crippen LogP contribution in [-0.4, -0.2) is 15.8 Å². The Morgan fingerprint density at radius 1 is 1.55 bits per heavy atom. The second-order valence-electron chi connectivity index (χ2n) is 3.84. The number of amides is 1. The summed E-state index contributed by atoms with van der Waals surface area (Å²) in [6, 6.07) is 1.74. The van der Waals surface area contributed by atoms with E-state index in [4.69, 9.17) is 5.73 Å². The van der Waals surface area contributed by atoms with Crippen LogP contribution in [0.1, 0.15) is 15.2 Å². The van der Waals surface area contributed by atoms with Crippen LogP contribution in [-0.2, 0) is 0 Å². The molecule has 0 radical (unpaired) electrons. The summed E-state index contributed by atoms with van der Waals surface area (Å²) in [5.41, 5.74) is 3.89. The van der Waals surface area contributed by atoms with Crippen molar-refractivity contribution in [1.29, 1.82) is 0 Å². The zero-order chi connectivity index (χ0) is 14.9. The summed E-state index contributed by atoms with van der Waals surface area (Å²) < 4.78 is 13.7. The Hall–Kier alpha value is -2.55. The number of aromatic nitrogens is 1. The van der Waals surface area contributed by atoms with Crippen LogP contribution in [0.5, 0.6) is 0 Å². The molecule has 0 saturated heterocycles. The fraction of sp³-hybridized carbons (Fsp3) is 0.0909. The molecule has 104 valence electrons. The van der Waals surface area contributed by atoms with E-state index >= 15 is 0 Å². The first-order chi connectivity index (χ1) is 9.40. The van der Waals surface area contributed by atoms with Gasteiger partial charge in [0, 0.05) is 17.1 Å². The molecule has 0 aliphatic heterocycles. The molecule has 7 nitrogen and oxygen atoms in total. The molecule has 0 spiro atoms. The van der Waals surface area contributed by atoms with Crippen molar-refractivity contribution in [3.8, 4) is 0 Å². The van der Waals surface area contributed by atoms with Crippen molar-refractivity contribution in [2.24, 2.45) is 0 Å². The fourth-order valence-electron chi connectivity index (χ4n) is 1.54. The number of nitro groups is 1. The predicted octanol–water partition coefficient (Wildman–Crippen LogP) is 2.33. The monoisotopic (exact) mass is 296 g/mol. The molecule has 0 bridgehead atoms. The van der Waals surface area contributed by atoms with Crippen LogP contribution in [0.25, 0.3) is 0 Å². The fourth-order valence-corrected chi connectivity index (χ4v) is 2.20. The quantitative estimate of drug-likeness (QED) is 0.513. The Kier molecular flexibility index (Phi) is 3.61. The van der Waals surface area contributed by atoms with Gasteiger partial charge in [-0.3, -0.25) is 20.2 Å². The highest BCUT2D eigenvalue weighted by Crippen LogP contribution is 2.28. The third-order valence-corrected chi connectivity index (χ3v) is 3.27. The molecule has 1 aromatic heterocycles. The molecular formula is C11H9FN4O3S. The van der Waals surface area contributed by atoms with Crippen molar-refractivity contribution in [2.45, 2.75) is 6.92 Å². The average Bonchev–Trinajstić information content (AvgIpc) is 2.74. The first-order valence-corrected chi connectivity index (χ1v) is 6.18. The van der Waals surface area contributed by atoms with Crippen molar-refractivity contribution in [2.75, 3.05) is 11.1 Å². The number of thiazole rings is 1. The van der Waals surface area contributed by atoms with Crippen molar-refractivity contribution < 1.29 is 14.1 Å². The van der Waals surface area contributed by atoms with E-state index in [9.17, 15) is 19.3 Å². The Labute approximate surface area is 116 Å². The number of nitrogen functional groups attached to an aromatic ring is 1. The van der Waals surface area contributed by atoms with Gasteiger partial charge in [-0.2, -0.15) is 0 Å². The lowest BCUT2D eigenvalue weighted by Gasteiger charge is -2.06. The normalized spacial score (nSPS) is 10.3. The summed E-state index contributed by atoms with van der Waals surface area (Å²) in [6.07, 6.45) is 1.54. The molecule has 3 N–H and O–H groups in total. The van der Waals surface area contributed by atoms with Gasteiger partial charge in [0.15, 0.2) is 5.13 Å². The van der Waals surface area contributed by atoms with Crippen LogP contribution >= 0.6 is 11.3 Å².